The van der Waals surface area contributed by atoms with Gasteiger partial charge in [-0.3, -0.25) is 4.79 Å². The van der Waals surface area contributed by atoms with E-state index in [4.69, 9.17) is 4.74 Å². The zero-order chi connectivity index (χ0) is 14.8. The minimum absolute atomic E-state index is 0.125. The average molecular weight is 286 g/mol. The molecule has 2 aromatic heterocycles. The standard InChI is InChI=1S/C15H18N4O2/c1-10-7-19(8-11(2)21-10)15-13(9-20)5-12(6-18-15)14-16-3-4-17-14/h3-6,9-11H,7-8H2,1-2H3,(H,16,17). The maximum absolute atomic E-state index is 11.4. The minimum Gasteiger partial charge on any atom is -0.372 e. The predicted molar refractivity (Wildman–Crippen MR) is 79.4 cm³/mol. The van der Waals surface area contributed by atoms with Crippen LogP contribution in [0.1, 0.15) is 24.2 Å². The second kappa shape index (κ2) is 5.65. The van der Waals surface area contributed by atoms with E-state index in [1.165, 1.54) is 0 Å². The Morgan fingerprint density at radius 1 is 1.33 bits per heavy atom. The molecule has 3 rings (SSSR count). The van der Waals surface area contributed by atoms with Gasteiger partial charge in [0.1, 0.15) is 11.6 Å². The van der Waals surface area contributed by atoms with Crippen LogP contribution in [0.3, 0.4) is 0 Å². The third kappa shape index (κ3) is 2.80. The topological polar surface area (TPSA) is 71.1 Å². The molecule has 1 aliphatic rings. The Bertz CT molecular complexity index is 617. The summed E-state index contributed by atoms with van der Waals surface area (Å²) in [5, 5.41) is 0. The highest BCUT2D eigenvalue weighted by molar-refractivity contribution is 5.85. The summed E-state index contributed by atoms with van der Waals surface area (Å²) in [5.41, 5.74) is 1.38. The molecule has 0 aromatic carbocycles. The summed E-state index contributed by atoms with van der Waals surface area (Å²) in [6.07, 6.45) is 6.26. The van der Waals surface area contributed by atoms with Crippen LogP contribution in [0.5, 0.6) is 0 Å². The fourth-order valence-electron chi connectivity index (χ4n) is 2.73. The highest BCUT2D eigenvalue weighted by atomic mass is 16.5. The largest absolute Gasteiger partial charge is 0.372 e. The summed E-state index contributed by atoms with van der Waals surface area (Å²) in [5.74, 6) is 1.42. The lowest BCUT2D eigenvalue weighted by molar-refractivity contribution is -0.00549. The Kier molecular flexibility index (Phi) is 3.70. The van der Waals surface area contributed by atoms with Gasteiger partial charge in [0.25, 0.3) is 0 Å². The van der Waals surface area contributed by atoms with Gasteiger partial charge in [0.2, 0.25) is 0 Å². The number of nitrogens with zero attached hydrogens (tertiary/aromatic N) is 3. The molecule has 2 aromatic rings. The molecule has 0 radical (unpaired) electrons. The molecule has 6 heteroatoms. The van der Waals surface area contributed by atoms with E-state index in [2.05, 4.69) is 19.9 Å². The van der Waals surface area contributed by atoms with Crippen molar-refractivity contribution >= 4 is 12.1 Å². The number of aromatic amines is 1. The number of H-pyrrole nitrogens is 1. The smallest absolute Gasteiger partial charge is 0.153 e. The van der Waals surface area contributed by atoms with E-state index in [0.717, 1.165) is 24.9 Å². The Morgan fingerprint density at radius 3 is 2.71 bits per heavy atom. The molecule has 21 heavy (non-hydrogen) atoms. The third-order valence-electron chi connectivity index (χ3n) is 3.51. The number of ether oxygens (including phenoxy) is 1. The third-order valence-corrected chi connectivity index (χ3v) is 3.51. The van der Waals surface area contributed by atoms with Crippen molar-refractivity contribution in [1.29, 1.82) is 0 Å². The lowest BCUT2D eigenvalue weighted by atomic mass is 10.1. The molecule has 0 bridgehead atoms. The van der Waals surface area contributed by atoms with Crippen molar-refractivity contribution in [1.82, 2.24) is 15.0 Å². The van der Waals surface area contributed by atoms with Crippen LogP contribution in [0, 0.1) is 0 Å². The van der Waals surface area contributed by atoms with Gasteiger partial charge in [-0.05, 0) is 19.9 Å². The second-order valence-electron chi connectivity index (χ2n) is 5.35. The Hall–Kier alpha value is -2.21. The van der Waals surface area contributed by atoms with Crippen LogP contribution in [-0.2, 0) is 4.74 Å². The number of carbonyl (C=O) groups excluding carboxylic acids is 1. The SMILES string of the molecule is CC1CN(c2ncc(-c3ncc[nH]3)cc2C=O)CC(C)O1. The zero-order valence-corrected chi connectivity index (χ0v) is 12.1. The molecule has 0 spiro atoms. The lowest BCUT2D eigenvalue weighted by Crippen LogP contribution is -2.46. The zero-order valence-electron chi connectivity index (χ0n) is 12.1. The van der Waals surface area contributed by atoms with E-state index in [-0.39, 0.29) is 12.2 Å². The van der Waals surface area contributed by atoms with Gasteiger partial charge in [-0.15, -0.1) is 0 Å². The van der Waals surface area contributed by atoms with Gasteiger partial charge in [0.05, 0.1) is 17.8 Å². The molecule has 0 saturated carbocycles. The van der Waals surface area contributed by atoms with Gasteiger partial charge in [0.15, 0.2) is 6.29 Å². The number of aldehydes is 1. The summed E-state index contributed by atoms with van der Waals surface area (Å²) in [6, 6.07) is 1.82. The molecule has 0 amide bonds. The molecular formula is C15H18N4O2. The number of anilines is 1. The molecule has 6 nitrogen and oxygen atoms in total. The first-order chi connectivity index (χ1) is 10.2. The van der Waals surface area contributed by atoms with Crippen molar-refractivity contribution in [2.45, 2.75) is 26.1 Å². The number of imidazole rings is 1. The summed E-state index contributed by atoms with van der Waals surface area (Å²) < 4.78 is 5.72. The van der Waals surface area contributed by atoms with Crippen molar-refractivity contribution in [3.63, 3.8) is 0 Å². The Labute approximate surface area is 123 Å². The number of aromatic nitrogens is 3. The second-order valence-corrected chi connectivity index (χ2v) is 5.35. The van der Waals surface area contributed by atoms with Crippen molar-refractivity contribution < 1.29 is 9.53 Å². The number of nitrogens with one attached hydrogen (secondary N) is 1. The number of morpholine rings is 1. The molecule has 1 aliphatic heterocycles. The van der Waals surface area contributed by atoms with Crippen molar-refractivity contribution in [3.05, 3.63) is 30.2 Å². The Balaban J connectivity index is 1.94. The van der Waals surface area contributed by atoms with Gasteiger partial charge in [-0.1, -0.05) is 0 Å². The average Bonchev–Trinajstić information content (AvgIpc) is 2.99. The van der Waals surface area contributed by atoms with E-state index < -0.39 is 0 Å². The maximum atomic E-state index is 11.4. The number of rotatable bonds is 3. The molecule has 1 saturated heterocycles. The number of hydrogen-bond acceptors (Lipinski definition) is 5. The Morgan fingerprint density at radius 2 is 2.10 bits per heavy atom. The first kappa shape index (κ1) is 13.8. The minimum atomic E-state index is 0.125. The van der Waals surface area contributed by atoms with Gasteiger partial charge < -0.3 is 14.6 Å². The van der Waals surface area contributed by atoms with Crippen LogP contribution >= 0.6 is 0 Å². The fourth-order valence-corrected chi connectivity index (χ4v) is 2.73. The van der Waals surface area contributed by atoms with E-state index >= 15 is 0 Å². The van der Waals surface area contributed by atoms with Crippen molar-refractivity contribution in [2.24, 2.45) is 0 Å². The van der Waals surface area contributed by atoms with E-state index in [1.807, 2.05) is 19.9 Å². The van der Waals surface area contributed by atoms with Crippen LogP contribution < -0.4 is 4.90 Å². The van der Waals surface area contributed by atoms with E-state index in [9.17, 15) is 4.79 Å². The highest BCUT2D eigenvalue weighted by Gasteiger charge is 2.25. The quantitative estimate of drug-likeness (QED) is 0.873. The van der Waals surface area contributed by atoms with Crippen LogP contribution in [0.2, 0.25) is 0 Å². The first-order valence-electron chi connectivity index (χ1n) is 7.02. The molecule has 2 unspecified atom stereocenters. The van der Waals surface area contributed by atoms with Crippen molar-refractivity contribution in [2.75, 3.05) is 18.0 Å². The predicted octanol–water partition coefficient (Wildman–Crippen LogP) is 1.90. The number of carbonyl (C=O) groups is 1. The molecule has 0 aliphatic carbocycles. The summed E-state index contributed by atoms with van der Waals surface area (Å²) >= 11 is 0. The molecular weight excluding hydrogens is 268 g/mol. The van der Waals surface area contributed by atoms with Gasteiger partial charge in [-0.2, -0.15) is 0 Å². The van der Waals surface area contributed by atoms with Crippen LogP contribution in [0.25, 0.3) is 11.4 Å². The lowest BCUT2D eigenvalue weighted by Gasteiger charge is -2.36. The van der Waals surface area contributed by atoms with Gasteiger partial charge in [-0.25, -0.2) is 9.97 Å². The highest BCUT2D eigenvalue weighted by Crippen LogP contribution is 2.24. The monoisotopic (exact) mass is 286 g/mol. The summed E-state index contributed by atoms with van der Waals surface area (Å²) in [4.78, 5) is 25.2. The maximum Gasteiger partial charge on any atom is 0.153 e. The van der Waals surface area contributed by atoms with E-state index in [0.29, 0.717) is 17.2 Å². The van der Waals surface area contributed by atoms with E-state index in [1.54, 1.807) is 18.6 Å². The molecule has 1 N–H and O–H groups in total. The van der Waals surface area contributed by atoms with Gasteiger partial charge >= 0.3 is 0 Å². The summed E-state index contributed by atoms with van der Waals surface area (Å²) in [6.45, 7) is 5.53. The van der Waals surface area contributed by atoms with Crippen LogP contribution in [0.15, 0.2) is 24.7 Å². The summed E-state index contributed by atoms with van der Waals surface area (Å²) in [7, 11) is 0. The number of pyridine rings is 1. The molecule has 2 atom stereocenters. The van der Waals surface area contributed by atoms with Gasteiger partial charge in [0, 0.05) is 37.2 Å². The van der Waals surface area contributed by atoms with Crippen molar-refractivity contribution in [3.8, 4) is 11.4 Å². The van der Waals surface area contributed by atoms with Crippen LogP contribution in [-0.4, -0.2) is 46.5 Å². The fraction of sp³-hybridized carbons (Fsp3) is 0.400. The number of hydrogen-bond donors (Lipinski definition) is 1. The molecule has 3 heterocycles. The van der Waals surface area contributed by atoms with Crippen LogP contribution in [0.4, 0.5) is 5.82 Å². The molecule has 1 fully saturated rings. The first-order valence-corrected chi connectivity index (χ1v) is 7.02. The molecule has 110 valence electrons. The normalized spacial score (nSPS) is 22.3.